The largest absolute Gasteiger partial charge is 0.477 e. The van der Waals surface area contributed by atoms with E-state index in [1.807, 2.05) is 24.1 Å². The SMILES string of the molecule is CN(Cc1ccncc1)Cc1cccnc1C(=O)O. The van der Waals surface area contributed by atoms with E-state index in [0.29, 0.717) is 12.1 Å². The average Bonchev–Trinajstić information content (AvgIpc) is 2.40. The van der Waals surface area contributed by atoms with Crippen LogP contribution in [0.15, 0.2) is 42.9 Å². The van der Waals surface area contributed by atoms with Gasteiger partial charge in [0.25, 0.3) is 0 Å². The smallest absolute Gasteiger partial charge is 0.354 e. The highest BCUT2D eigenvalue weighted by Crippen LogP contribution is 2.10. The van der Waals surface area contributed by atoms with Crippen LogP contribution >= 0.6 is 0 Å². The van der Waals surface area contributed by atoms with E-state index in [-0.39, 0.29) is 5.69 Å². The van der Waals surface area contributed by atoms with Gasteiger partial charge in [-0.25, -0.2) is 9.78 Å². The maximum absolute atomic E-state index is 11.1. The molecule has 98 valence electrons. The van der Waals surface area contributed by atoms with E-state index in [1.54, 1.807) is 24.5 Å². The highest BCUT2D eigenvalue weighted by Gasteiger charge is 2.12. The van der Waals surface area contributed by atoms with Crippen molar-refractivity contribution in [3.8, 4) is 0 Å². The molecule has 2 rings (SSSR count). The van der Waals surface area contributed by atoms with Crippen LogP contribution in [0.4, 0.5) is 0 Å². The first-order chi connectivity index (χ1) is 9.16. The van der Waals surface area contributed by atoms with Crippen LogP contribution in [0, 0.1) is 0 Å². The van der Waals surface area contributed by atoms with Crippen molar-refractivity contribution >= 4 is 5.97 Å². The molecule has 0 amide bonds. The number of carbonyl (C=O) groups is 1. The van der Waals surface area contributed by atoms with Gasteiger partial charge in [0, 0.05) is 31.7 Å². The summed E-state index contributed by atoms with van der Waals surface area (Å²) in [6.45, 7) is 1.27. The van der Waals surface area contributed by atoms with Gasteiger partial charge in [0.2, 0.25) is 0 Å². The number of hydrogen-bond donors (Lipinski definition) is 1. The molecule has 0 saturated carbocycles. The molecule has 0 saturated heterocycles. The molecule has 0 radical (unpaired) electrons. The minimum Gasteiger partial charge on any atom is -0.477 e. The summed E-state index contributed by atoms with van der Waals surface area (Å²) in [7, 11) is 1.94. The van der Waals surface area contributed by atoms with Gasteiger partial charge in [-0.2, -0.15) is 0 Å². The molecule has 0 aromatic carbocycles. The van der Waals surface area contributed by atoms with Crippen molar-refractivity contribution in [1.29, 1.82) is 0 Å². The molecule has 2 aromatic rings. The van der Waals surface area contributed by atoms with Gasteiger partial charge in [-0.1, -0.05) is 6.07 Å². The molecule has 5 nitrogen and oxygen atoms in total. The van der Waals surface area contributed by atoms with E-state index in [4.69, 9.17) is 5.11 Å². The first-order valence-electron chi connectivity index (χ1n) is 5.91. The van der Waals surface area contributed by atoms with Gasteiger partial charge < -0.3 is 5.11 Å². The zero-order valence-corrected chi connectivity index (χ0v) is 10.7. The van der Waals surface area contributed by atoms with E-state index in [2.05, 4.69) is 9.97 Å². The average molecular weight is 257 g/mol. The number of aromatic carboxylic acids is 1. The lowest BCUT2D eigenvalue weighted by Crippen LogP contribution is -2.19. The predicted octanol–water partition coefficient (Wildman–Crippen LogP) is 1.81. The number of nitrogens with zero attached hydrogens (tertiary/aromatic N) is 3. The highest BCUT2D eigenvalue weighted by molar-refractivity contribution is 5.86. The number of carboxylic acid groups (broad SMARTS) is 1. The normalized spacial score (nSPS) is 10.6. The Morgan fingerprint density at radius 3 is 2.63 bits per heavy atom. The van der Waals surface area contributed by atoms with Crippen molar-refractivity contribution in [2.45, 2.75) is 13.1 Å². The molecule has 1 N–H and O–H groups in total. The predicted molar refractivity (Wildman–Crippen MR) is 70.6 cm³/mol. The third kappa shape index (κ3) is 3.59. The molecule has 0 bridgehead atoms. The number of rotatable bonds is 5. The second-order valence-electron chi connectivity index (χ2n) is 4.34. The van der Waals surface area contributed by atoms with Crippen LogP contribution in [0.1, 0.15) is 21.6 Å². The van der Waals surface area contributed by atoms with Gasteiger partial charge in [0.15, 0.2) is 5.69 Å². The van der Waals surface area contributed by atoms with Crippen molar-refractivity contribution in [3.05, 3.63) is 59.7 Å². The summed E-state index contributed by atoms with van der Waals surface area (Å²) in [5, 5.41) is 9.08. The summed E-state index contributed by atoms with van der Waals surface area (Å²) in [6, 6.07) is 7.43. The molecule has 0 fully saturated rings. The maximum atomic E-state index is 11.1. The zero-order chi connectivity index (χ0) is 13.7. The molecule has 2 heterocycles. The van der Waals surface area contributed by atoms with Crippen LogP contribution in [0.25, 0.3) is 0 Å². The highest BCUT2D eigenvalue weighted by atomic mass is 16.4. The van der Waals surface area contributed by atoms with E-state index >= 15 is 0 Å². The standard InChI is InChI=1S/C14H15N3O2/c1-17(9-11-4-7-15-8-5-11)10-12-3-2-6-16-13(12)14(18)19/h2-8H,9-10H2,1H3,(H,18,19). The Bertz CT molecular complexity index is 558. The summed E-state index contributed by atoms with van der Waals surface area (Å²) >= 11 is 0. The van der Waals surface area contributed by atoms with Crippen LogP contribution in [0.2, 0.25) is 0 Å². The van der Waals surface area contributed by atoms with Gasteiger partial charge in [0.1, 0.15) is 0 Å². The van der Waals surface area contributed by atoms with Gasteiger partial charge >= 0.3 is 5.97 Å². The summed E-state index contributed by atoms with van der Waals surface area (Å²) in [6.07, 6.45) is 4.99. The van der Waals surface area contributed by atoms with Gasteiger partial charge in [-0.05, 0) is 36.4 Å². The molecule has 0 aliphatic heterocycles. The van der Waals surface area contributed by atoms with Gasteiger partial charge in [-0.15, -0.1) is 0 Å². The second kappa shape index (κ2) is 6.06. The minimum absolute atomic E-state index is 0.115. The molecule has 5 heteroatoms. The third-order valence-electron chi connectivity index (χ3n) is 2.74. The lowest BCUT2D eigenvalue weighted by Gasteiger charge is -2.17. The Hall–Kier alpha value is -2.27. The Labute approximate surface area is 111 Å². The molecule has 0 aliphatic rings. The van der Waals surface area contributed by atoms with E-state index in [9.17, 15) is 4.79 Å². The number of hydrogen-bond acceptors (Lipinski definition) is 4. The Balaban J connectivity index is 2.07. The van der Waals surface area contributed by atoms with Gasteiger partial charge in [-0.3, -0.25) is 9.88 Å². The lowest BCUT2D eigenvalue weighted by atomic mass is 10.1. The van der Waals surface area contributed by atoms with E-state index in [1.165, 1.54) is 6.20 Å². The monoisotopic (exact) mass is 257 g/mol. The summed E-state index contributed by atoms with van der Waals surface area (Å²) in [5.41, 5.74) is 1.97. The molecule has 0 unspecified atom stereocenters. The summed E-state index contributed by atoms with van der Waals surface area (Å²) in [4.78, 5) is 21.0. The molecular weight excluding hydrogens is 242 g/mol. The number of pyridine rings is 2. The molecule has 0 aliphatic carbocycles. The first-order valence-corrected chi connectivity index (χ1v) is 5.91. The number of carboxylic acids is 1. The maximum Gasteiger partial charge on any atom is 0.354 e. The van der Waals surface area contributed by atoms with E-state index < -0.39 is 5.97 Å². The first kappa shape index (κ1) is 13.2. The molecule has 2 aromatic heterocycles. The molecule has 19 heavy (non-hydrogen) atoms. The van der Waals surface area contributed by atoms with Crippen molar-refractivity contribution in [1.82, 2.24) is 14.9 Å². The van der Waals surface area contributed by atoms with Gasteiger partial charge in [0.05, 0.1) is 0 Å². The Kier molecular flexibility index (Phi) is 4.20. The van der Waals surface area contributed by atoms with Crippen molar-refractivity contribution < 1.29 is 9.90 Å². The Morgan fingerprint density at radius 2 is 1.95 bits per heavy atom. The van der Waals surface area contributed by atoms with Crippen LogP contribution < -0.4 is 0 Å². The van der Waals surface area contributed by atoms with Crippen molar-refractivity contribution in [3.63, 3.8) is 0 Å². The van der Waals surface area contributed by atoms with Crippen LogP contribution in [0.5, 0.6) is 0 Å². The lowest BCUT2D eigenvalue weighted by molar-refractivity contribution is 0.0688. The Morgan fingerprint density at radius 1 is 1.21 bits per heavy atom. The third-order valence-corrected chi connectivity index (χ3v) is 2.74. The molecule has 0 atom stereocenters. The zero-order valence-electron chi connectivity index (χ0n) is 10.7. The summed E-state index contributed by atoms with van der Waals surface area (Å²) in [5.74, 6) is -0.993. The topological polar surface area (TPSA) is 66.3 Å². The molecular formula is C14H15N3O2. The van der Waals surface area contributed by atoms with Crippen LogP contribution in [-0.4, -0.2) is 33.0 Å². The fourth-order valence-electron chi connectivity index (χ4n) is 1.91. The van der Waals surface area contributed by atoms with Crippen molar-refractivity contribution in [2.75, 3.05) is 7.05 Å². The number of aromatic nitrogens is 2. The van der Waals surface area contributed by atoms with E-state index in [0.717, 1.165) is 12.1 Å². The minimum atomic E-state index is -0.993. The quantitative estimate of drug-likeness (QED) is 0.884. The molecule has 0 spiro atoms. The van der Waals surface area contributed by atoms with Crippen molar-refractivity contribution in [2.24, 2.45) is 0 Å². The van der Waals surface area contributed by atoms with Crippen LogP contribution in [-0.2, 0) is 13.1 Å². The summed E-state index contributed by atoms with van der Waals surface area (Å²) < 4.78 is 0. The second-order valence-corrected chi connectivity index (χ2v) is 4.34. The fourth-order valence-corrected chi connectivity index (χ4v) is 1.91. The fraction of sp³-hybridized carbons (Fsp3) is 0.214. The van der Waals surface area contributed by atoms with Crippen LogP contribution in [0.3, 0.4) is 0 Å².